The molecule has 0 radical (unpaired) electrons. The first-order valence-corrected chi connectivity index (χ1v) is 3.97. The monoisotopic (exact) mass is 162 g/mol. The van der Waals surface area contributed by atoms with Crippen LogP contribution in [0.1, 0.15) is 12.5 Å². The first-order valence-electron chi connectivity index (χ1n) is 3.97. The summed E-state index contributed by atoms with van der Waals surface area (Å²) in [7, 11) is 0. The average Bonchev–Trinajstić information content (AvgIpc) is 2.49. The standard InChI is InChI=1S/C9H10N2O/c1-2-7-6-10-9-8(7)4-3-5-11(9)12/h3-6,12H,2H2,1H3. The molecule has 0 saturated carbocycles. The molecule has 2 aliphatic rings. The Morgan fingerprint density at radius 2 is 2.42 bits per heavy atom. The van der Waals surface area contributed by atoms with Gasteiger partial charge in [0.2, 0.25) is 0 Å². The van der Waals surface area contributed by atoms with Crippen LogP contribution in [-0.2, 0) is 6.42 Å². The van der Waals surface area contributed by atoms with E-state index in [0.717, 1.165) is 16.7 Å². The molecule has 2 aliphatic heterocycles. The van der Waals surface area contributed by atoms with Gasteiger partial charge in [-0.25, -0.2) is 4.98 Å². The molecule has 0 aliphatic carbocycles. The van der Waals surface area contributed by atoms with Crippen LogP contribution in [0.15, 0.2) is 24.5 Å². The van der Waals surface area contributed by atoms with Gasteiger partial charge in [0.1, 0.15) is 0 Å². The van der Waals surface area contributed by atoms with Crippen LogP contribution >= 0.6 is 0 Å². The largest absolute Gasteiger partial charge is 0.427 e. The summed E-state index contributed by atoms with van der Waals surface area (Å²) in [6, 6.07) is 3.77. The number of aryl methyl sites for hydroxylation is 1. The summed E-state index contributed by atoms with van der Waals surface area (Å²) in [5.74, 6) is 0.634. The zero-order valence-electron chi connectivity index (χ0n) is 6.86. The summed E-state index contributed by atoms with van der Waals surface area (Å²) in [5, 5.41) is 9.33. The van der Waals surface area contributed by atoms with Crippen molar-refractivity contribution >= 4 is 0 Å². The third kappa shape index (κ3) is 0.863. The van der Waals surface area contributed by atoms with Gasteiger partial charge in [-0.2, -0.15) is 4.73 Å². The van der Waals surface area contributed by atoms with Gasteiger partial charge in [-0.05, 0) is 24.1 Å². The second-order valence-electron chi connectivity index (χ2n) is 2.73. The molecule has 3 heteroatoms. The van der Waals surface area contributed by atoms with Gasteiger partial charge >= 0.3 is 0 Å². The molecule has 0 spiro atoms. The van der Waals surface area contributed by atoms with Crippen molar-refractivity contribution in [2.75, 3.05) is 0 Å². The van der Waals surface area contributed by atoms with Crippen molar-refractivity contribution in [2.24, 2.45) is 0 Å². The lowest BCUT2D eigenvalue weighted by molar-refractivity contribution is 0.187. The van der Waals surface area contributed by atoms with E-state index in [1.54, 1.807) is 12.4 Å². The molecule has 12 heavy (non-hydrogen) atoms. The highest BCUT2D eigenvalue weighted by atomic mass is 16.5. The van der Waals surface area contributed by atoms with Crippen molar-refractivity contribution in [3.8, 4) is 11.4 Å². The Balaban J connectivity index is 2.67. The minimum absolute atomic E-state index is 0.634. The molecule has 0 amide bonds. The van der Waals surface area contributed by atoms with Crippen LogP contribution < -0.4 is 0 Å². The highest BCUT2D eigenvalue weighted by molar-refractivity contribution is 5.62. The molecule has 0 aromatic carbocycles. The van der Waals surface area contributed by atoms with Crippen LogP contribution in [0, 0.1) is 0 Å². The van der Waals surface area contributed by atoms with Crippen LogP contribution in [0.3, 0.4) is 0 Å². The Morgan fingerprint density at radius 3 is 3.17 bits per heavy atom. The van der Waals surface area contributed by atoms with Gasteiger partial charge in [0.15, 0.2) is 5.82 Å². The lowest BCUT2D eigenvalue weighted by Crippen LogP contribution is -1.97. The van der Waals surface area contributed by atoms with E-state index < -0.39 is 0 Å². The second-order valence-corrected chi connectivity index (χ2v) is 2.73. The summed E-state index contributed by atoms with van der Waals surface area (Å²) in [4.78, 5) is 4.10. The maximum absolute atomic E-state index is 9.33. The topological polar surface area (TPSA) is 38.0 Å². The Kier molecular flexibility index (Phi) is 1.50. The Hall–Kier alpha value is -1.51. The number of hydrogen-bond donors (Lipinski definition) is 1. The fourth-order valence-electron chi connectivity index (χ4n) is 1.36. The quantitative estimate of drug-likeness (QED) is 0.649. The lowest BCUT2D eigenvalue weighted by atomic mass is 10.1. The van der Waals surface area contributed by atoms with Crippen LogP contribution in [0.2, 0.25) is 0 Å². The normalized spacial score (nSPS) is 10.8. The van der Waals surface area contributed by atoms with E-state index in [1.807, 2.05) is 12.1 Å². The summed E-state index contributed by atoms with van der Waals surface area (Å²) in [6.07, 6.45) is 4.33. The van der Waals surface area contributed by atoms with Crippen LogP contribution in [0.25, 0.3) is 11.4 Å². The third-order valence-electron chi connectivity index (χ3n) is 2.02. The maximum Gasteiger partial charge on any atom is 0.175 e. The van der Waals surface area contributed by atoms with Gasteiger partial charge < -0.3 is 5.21 Å². The Bertz CT molecular complexity index is 367. The SMILES string of the molecule is CCc1cnc2n(O)cccc1-2. The molecule has 0 bridgehead atoms. The summed E-state index contributed by atoms with van der Waals surface area (Å²) < 4.78 is 1.05. The van der Waals surface area contributed by atoms with Crippen LogP contribution in [0.5, 0.6) is 0 Å². The van der Waals surface area contributed by atoms with Crippen molar-refractivity contribution in [1.29, 1.82) is 0 Å². The fourth-order valence-corrected chi connectivity index (χ4v) is 1.36. The predicted octanol–water partition coefficient (Wildman–Crippen LogP) is 1.79. The molecule has 0 aromatic heterocycles. The van der Waals surface area contributed by atoms with Crippen molar-refractivity contribution in [1.82, 2.24) is 9.71 Å². The zero-order valence-corrected chi connectivity index (χ0v) is 6.86. The molecule has 3 nitrogen and oxygen atoms in total. The minimum atomic E-state index is 0.634. The highest BCUT2D eigenvalue weighted by Gasteiger charge is 2.11. The van der Waals surface area contributed by atoms with Crippen LogP contribution in [0.4, 0.5) is 0 Å². The number of nitrogens with zero attached hydrogens (tertiary/aromatic N) is 2. The van der Waals surface area contributed by atoms with Crippen molar-refractivity contribution < 1.29 is 5.21 Å². The zero-order chi connectivity index (χ0) is 8.55. The van der Waals surface area contributed by atoms with Crippen molar-refractivity contribution in [3.05, 3.63) is 30.1 Å². The summed E-state index contributed by atoms with van der Waals surface area (Å²) in [5.41, 5.74) is 2.20. The van der Waals surface area contributed by atoms with Crippen molar-refractivity contribution in [2.45, 2.75) is 13.3 Å². The van der Waals surface area contributed by atoms with Gasteiger partial charge in [0.05, 0.1) is 0 Å². The van der Waals surface area contributed by atoms with E-state index >= 15 is 0 Å². The Morgan fingerprint density at radius 1 is 1.58 bits per heavy atom. The van der Waals surface area contributed by atoms with E-state index in [1.165, 1.54) is 5.56 Å². The molecule has 0 saturated heterocycles. The number of fused-ring (bicyclic) bond motifs is 1. The molecule has 2 rings (SSSR count). The maximum atomic E-state index is 9.33. The first-order chi connectivity index (χ1) is 5.83. The van der Waals surface area contributed by atoms with E-state index in [4.69, 9.17) is 0 Å². The van der Waals surface area contributed by atoms with Gasteiger partial charge in [-0.15, -0.1) is 0 Å². The summed E-state index contributed by atoms with van der Waals surface area (Å²) >= 11 is 0. The van der Waals surface area contributed by atoms with Gasteiger partial charge in [0.25, 0.3) is 0 Å². The van der Waals surface area contributed by atoms with Crippen molar-refractivity contribution in [3.63, 3.8) is 0 Å². The van der Waals surface area contributed by atoms with E-state index in [2.05, 4.69) is 11.9 Å². The number of rotatable bonds is 1. The molecule has 1 N–H and O–H groups in total. The molecule has 0 unspecified atom stereocenters. The summed E-state index contributed by atoms with van der Waals surface area (Å²) in [6.45, 7) is 2.07. The predicted molar refractivity (Wildman–Crippen MR) is 45.4 cm³/mol. The van der Waals surface area contributed by atoms with Gasteiger partial charge in [0, 0.05) is 18.0 Å². The first kappa shape index (κ1) is 7.16. The smallest absolute Gasteiger partial charge is 0.175 e. The van der Waals surface area contributed by atoms with E-state index in [9.17, 15) is 5.21 Å². The molecule has 0 atom stereocenters. The van der Waals surface area contributed by atoms with Gasteiger partial charge in [-0.3, -0.25) is 0 Å². The van der Waals surface area contributed by atoms with E-state index in [0.29, 0.717) is 5.82 Å². The number of aromatic nitrogens is 2. The minimum Gasteiger partial charge on any atom is -0.427 e. The fraction of sp³-hybridized carbons (Fsp3) is 0.222. The number of hydrogen-bond acceptors (Lipinski definition) is 2. The third-order valence-corrected chi connectivity index (χ3v) is 2.02. The lowest BCUT2D eigenvalue weighted by Gasteiger charge is -2.03. The second kappa shape index (κ2) is 2.52. The molecule has 62 valence electrons. The average molecular weight is 162 g/mol. The molecule has 0 aromatic rings. The number of pyridine rings is 1. The van der Waals surface area contributed by atoms with Gasteiger partial charge in [-0.1, -0.05) is 6.92 Å². The Labute approximate surface area is 70.6 Å². The molecular formula is C9H10N2O. The molecular weight excluding hydrogens is 152 g/mol. The molecule has 2 heterocycles. The molecule has 0 fully saturated rings. The highest BCUT2D eigenvalue weighted by Crippen LogP contribution is 2.23. The van der Waals surface area contributed by atoms with E-state index in [-0.39, 0.29) is 0 Å². The van der Waals surface area contributed by atoms with Crippen LogP contribution in [-0.4, -0.2) is 14.9 Å².